The molecule has 0 radical (unpaired) electrons. The molecule has 0 saturated heterocycles. The van der Waals surface area contributed by atoms with Crippen molar-refractivity contribution >= 4 is 15.9 Å². The molecule has 2 saturated carbocycles. The van der Waals surface area contributed by atoms with E-state index in [-0.39, 0.29) is 0 Å². The molecule has 0 spiro atoms. The molecular formula is C17H24BrNO. The minimum Gasteiger partial charge on any atom is -0.396 e. The van der Waals surface area contributed by atoms with E-state index < -0.39 is 0 Å². The summed E-state index contributed by atoms with van der Waals surface area (Å²) in [7, 11) is 0. The van der Waals surface area contributed by atoms with Crippen LogP contribution in [0.15, 0.2) is 28.7 Å². The van der Waals surface area contributed by atoms with E-state index >= 15 is 0 Å². The lowest BCUT2D eigenvalue weighted by molar-refractivity contribution is 0.130. The molecule has 2 atom stereocenters. The van der Waals surface area contributed by atoms with E-state index in [1.54, 1.807) is 0 Å². The Hall–Kier alpha value is -0.380. The van der Waals surface area contributed by atoms with Crippen LogP contribution in [0.25, 0.3) is 0 Å². The summed E-state index contributed by atoms with van der Waals surface area (Å²) < 4.78 is 1.18. The monoisotopic (exact) mass is 337 g/mol. The van der Waals surface area contributed by atoms with Crippen LogP contribution in [0.5, 0.6) is 0 Å². The van der Waals surface area contributed by atoms with Gasteiger partial charge in [0.15, 0.2) is 0 Å². The molecule has 1 aromatic carbocycles. The molecule has 3 heteroatoms. The van der Waals surface area contributed by atoms with Crippen molar-refractivity contribution in [2.75, 3.05) is 6.61 Å². The molecule has 1 aromatic rings. The summed E-state index contributed by atoms with van der Waals surface area (Å²) in [5, 5.41) is 13.3. The molecule has 0 heterocycles. The van der Waals surface area contributed by atoms with E-state index in [9.17, 15) is 5.11 Å². The zero-order chi connectivity index (χ0) is 13.9. The zero-order valence-corrected chi connectivity index (χ0v) is 13.5. The van der Waals surface area contributed by atoms with Gasteiger partial charge in [-0.1, -0.05) is 40.9 Å². The van der Waals surface area contributed by atoms with Crippen LogP contribution in [0.1, 0.15) is 50.0 Å². The maximum absolute atomic E-state index is 9.48. The van der Waals surface area contributed by atoms with Gasteiger partial charge in [-0.2, -0.15) is 0 Å². The van der Waals surface area contributed by atoms with Crippen molar-refractivity contribution < 1.29 is 5.11 Å². The van der Waals surface area contributed by atoms with Gasteiger partial charge in [0, 0.05) is 23.2 Å². The first kappa shape index (κ1) is 14.6. The Morgan fingerprint density at radius 3 is 2.75 bits per heavy atom. The predicted molar refractivity (Wildman–Crippen MR) is 85.9 cm³/mol. The van der Waals surface area contributed by atoms with Gasteiger partial charge in [-0.3, -0.25) is 0 Å². The van der Waals surface area contributed by atoms with Crippen molar-refractivity contribution in [3.63, 3.8) is 0 Å². The Labute approximate surface area is 130 Å². The molecule has 2 fully saturated rings. The zero-order valence-electron chi connectivity index (χ0n) is 11.9. The Morgan fingerprint density at radius 2 is 2.00 bits per heavy atom. The third-order valence-electron chi connectivity index (χ3n) is 5.05. The van der Waals surface area contributed by atoms with Gasteiger partial charge in [0.1, 0.15) is 0 Å². The van der Waals surface area contributed by atoms with Crippen molar-refractivity contribution in [3.8, 4) is 0 Å². The van der Waals surface area contributed by atoms with Crippen molar-refractivity contribution in [1.29, 1.82) is 0 Å². The largest absolute Gasteiger partial charge is 0.396 e. The molecule has 3 rings (SSSR count). The molecule has 0 amide bonds. The normalized spacial score (nSPS) is 33.7. The first-order chi connectivity index (χ1) is 9.76. The average Bonchev–Trinajstić information content (AvgIpc) is 2.42. The highest BCUT2D eigenvalue weighted by molar-refractivity contribution is 9.10. The Bertz CT molecular complexity index is 444. The minimum absolute atomic E-state index is 0.347. The van der Waals surface area contributed by atoms with Crippen LogP contribution >= 0.6 is 15.9 Å². The highest BCUT2D eigenvalue weighted by Crippen LogP contribution is 2.38. The number of rotatable bonds is 4. The van der Waals surface area contributed by atoms with Crippen LogP contribution in [0.4, 0.5) is 0 Å². The average molecular weight is 338 g/mol. The summed E-state index contributed by atoms with van der Waals surface area (Å²) in [5.74, 6) is 1.19. The van der Waals surface area contributed by atoms with E-state index in [1.165, 1.54) is 48.6 Å². The smallest absolute Gasteiger partial charge is 0.0474 e. The van der Waals surface area contributed by atoms with Crippen LogP contribution in [-0.2, 0) is 0 Å². The third-order valence-corrected chi connectivity index (χ3v) is 5.54. The van der Waals surface area contributed by atoms with E-state index in [2.05, 4.69) is 45.5 Å². The van der Waals surface area contributed by atoms with Crippen molar-refractivity contribution in [2.24, 2.45) is 5.92 Å². The quantitative estimate of drug-likeness (QED) is 0.874. The molecule has 2 aliphatic carbocycles. The summed E-state index contributed by atoms with van der Waals surface area (Å²) in [4.78, 5) is 0. The topological polar surface area (TPSA) is 32.3 Å². The lowest BCUT2D eigenvalue weighted by atomic mass is 9.74. The second-order valence-electron chi connectivity index (χ2n) is 6.42. The molecule has 0 aliphatic heterocycles. The summed E-state index contributed by atoms with van der Waals surface area (Å²) in [6, 6.07) is 9.90. The third kappa shape index (κ3) is 3.26. The summed E-state index contributed by atoms with van der Waals surface area (Å²) in [6.45, 7) is 0.347. The number of nitrogens with one attached hydrogen (secondary N) is 1. The maximum atomic E-state index is 9.48. The molecule has 2 N–H and O–H groups in total. The van der Waals surface area contributed by atoms with Gasteiger partial charge in [-0.05, 0) is 55.2 Å². The SMILES string of the molecule is OCC1CCCCC1NC1CC(c2cccc(Br)c2)C1. The Balaban J connectivity index is 1.50. The molecule has 2 nitrogen and oxygen atoms in total. The molecule has 2 unspecified atom stereocenters. The van der Waals surface area contributed by atoms with E-state index in [1.807, 2.05) is 0 Å². The van der Waals surface area contributed by atoms with Gasteiger partial charge in [0.05, 0.1) is 0 Å². The standard InChI is InChI=1S/C17H24BrNO/c18-15-6-3-5-12(8-15)14-9-16(10-14)19-17-7-2-1-4-13(17)11-20/h3,5-6,8,13-14,16-17,19-20H,1-2,4,7,9-11H2. The second kappa shape index (κ2) is 6.59. The van der Waals surface area contributed by atoms with Crippen LogP contribution < -0.4 is 5.32 Å². The number of halogens is 1. The molecule has 110 valence electrons. The van der Waals surface area contributed by atoms with Gasteiger partial charge < -0.3 is 10.4 Å². The maximum Gasteiger partial charge on any atom is 0.0474 e. The molecular weight excluding hydrogens is 314 g/mol. The van der Waals surface area contributed by atoms with E-state index in [4.69, 9.17) is 0 Å². The van der Waals surface area contributed by atoms with E-state index in [0.29, 0.717) is 30.5 Å². The second-order valence-corrected chi connectivity index (χ2v) is 7.34. The lowest BCUT2D eigenvalue weighted by Gasteiger charge is -2.42. The first-order valence-corrected chi connectivity index (χ1v) is 8.68. The number of hydrogen-bond acceptors (Lipinski definition) is 2. The molecule has 2 aliphatic rings. The summed E-state index contributed by atoms with van der Waals surface area (Å²) in [5.41, 5.74) is 1.46. The van der Waals surface area contributed by atoms with Crippen molar-refractivity contribution in [2.45, 2.75) is 56.5 Å². The number of benzene rings is 1. The Kier molecular flexibility index (Phi) is 4.79. The van der Waals surface area contributed by atoms with Gasteiger partial charge in [-0.15, -0.1) is 0 Å². The van der Waals surface area contributed by atoms with E-state index in [0.717, 1.165) is 0 Å². The molecule has 0 aromatic heterocycles. The van der Waals surface area contributed by atoms with Crippen LogP contribution in [0.3, 0.4) is 0 Å². The summed E-state index contributed by atoms with van der Waals surface area (Å²) >= 11 is 3.55. The lowest BCUT2D eigenvalue weighted by Crippen LogP contribution is -2.50. The van der Waals surface area contributed by atoms with Gasteiger partial charge >= 0.3 is 0 Å². The molecule has 0 bridgehead atoms. The van der Waals surface area contributed by atoms with Crippen molar-refractivity contribution in [3.05, 3.63) is 34.3 Å². The van der Waals surface area contributed by atoms with Gasteiger partial charge in [0.25, 0.3) is 0 Å². The predicted octanol–water partition coefficient (Wildman–Crippen LogP) is 3.84. The number of hydrogen-bond donors (Lipinski definition) is 2. The summed E-state index contributed by atoms with van der Waals surface area (Å²) in [6.07, 6.45) is 7.51. The van der Waals surface area contributed by atoms with Crippen LogP contribution in [0, 0.1) is 5.92 Å². The minimum atomic E-state index is 0.347. The van der Waals surface area contributed by atoms with Gasteiger partial charge in [0.2, 0.25) is 0 Å². The Morgan fingerprint density at radius 1 is 1.20 bits per heavy atom. The van der Waals surface area contributed by atoms with Gasteiger partial charge in [-0.25, -0.2) is 0 Å². The molecule has 20 heavy (non-hydrogen) atoms. The van der Waals surface area contributed by atoms with Crippen LogP contribution in [-0.4, -0.2) is 23.8 Å². The fourth-order valence-corrected chi connectivity index (χ4v) is 4.15. The highest BCUT2D eigenvalue weighted by atomic mass is 79.9. The first-order valence-electron chi connectivity index (χ1n) is 7.88. The highest BCUT2D eigenvalue weighted by Gasteiger charge is 2.34. The fraction of sp³-hybridized carbons (Fsp3) is 0.647. The fourth-order valence-electron chi connectivity index (χ4n) is 3.73. The van der Waals surface area contributed by atoms with Crippen LogP contribution in [0.2, 0.25) is 0 Å². The number of aliphatic hydroxyl groups excluding tert-OH is 1. The van der Waals surface area contributed by atoms with Crippen molar-refractivity contribution in [1.82, 2.24) is 5.32 Å². The number of aliphatic hydroxyl groups is 1.